The number of rotatable bonds is 2. The number of hydrogen-bond acceptors (Lipinski definition) is 1. The van der Waals surface area contributed by atoms with E-state index in [1.165, 1.54) is 40.7 Å². The molecule has 0 radical (unpaired) electrons. The average molecular weight is 385 g/mol. The molecule has 1 aliphatic rings. The Morgan fingerprint density at radius 1 is 0.926 bits per heavy atom. The minimum Gasteiger partial charge on any atom is -0.134 e. The molecule has 4 heteroatoms. The fourth-order valence-corrected chi connectivity index (χ4v) is 3.72. The predicted molar refractivity (Wildman–Crippen MR) is 114 cm³/mol. The van der Waals surface area contributed by atoms with E-state index in [0.717, 1.165) is 0 Å². The highest BCUT2D eigenvalue weighted by molar-refractivity contribution is 7.30. The molecule has 3 rings (SSSR count). The maximum atomic E-state index is 8.70. The zero-order chi connectivity index (χ0) is 20.2. The molecule has 0 aromatic heterocycles. The molecule has 0 heterocycles. The second-order valence-electron chi connectivity index (χ2n) is 8.52. The van der Waals surface area contributed by atoms with Crippen molar-refractivity contribution in [1.29, 1.82) is 0 Å². The molecule has 0 unspecified atom stereocenters. The molecule has 2 aromatic carbocycles. The standard InChI is InChI=1S/C23H28.HO3P/c1-17(15-18-9-7-6-8-10-18)19-11-12-20-21(16-19)23(4,5)14-13-22(20,2)3;1-4(2)3/h6-12,15-16H,13-14H2,1-5H3;(H-,1,2,3)/p+1/b17-15+;. The topological polar surface area (TPSA) is 57.5 Å². The average Bonchev–Trinajstić information content (AvgIpc) is 2.59. The van der Waals surface area contributed by atoms with Gasteiger partial charge in [0, 0.05) is 4.57 Å². The van der Waals surface area contributed by atoms with Crippen LogP contribution in [-0.4, -0.2) is 9.79 Å². The summed E-state index contributed by atoms with van der Waals surface area (Å²) < 4.78 is 8.70. The molecular formula is C23H30O3P+. The molecule has 0 amide bonds. The molecule has 0 saturated heterocycles. The van der Waals surface area contributed by atoms with Crippen molar-refractivity contribution in [3.63, 3.8) is 0 Å². The summed E-state index contributed by atoms with van der Waals surface area (Å²) in [5.41, 5.74) is 7.57. The van der Waals surface area contributed by atoms with Crippen LogP contribution >= 0.6 is 8.25 Å². The molecule has 27 heavy (non-hydrogen) atoms. The highest BCUT2D eigenvalue weighted by Gasteiger charge is 2.36. The zero-order valence-corrected chi connectivity index (χ0v) is 17.8. The molecule has 2 aromatic rings. The summed E-state index contributed by atoms with van der Waals surface area (Å²) in [5.74, 6) is 0. The first kappa shape index (κ1) is 21.5. The SMILES string of the molecule is C/C(=C\c1ccccc1)c1ccc2c(c1)C(C)(C)CCC2(C)C.O=[P+](O)O. The number of benzene rings is 2. The van der Waals surface area contributed by atoms with Crippen LogP contribution in [0.2, 0.25) is 0 Å². The second-order valence-corrected chi connectivity index (χ2v) is 9.02. The normalized spacial score (nSPS) is 17.4. The second kappa shape index (κ2) is 8.48. The fourth-order valence-electron chi connectivity index (χ4n) is 3.72. The van der Waals surface area contributed by atoms with Crippen molar-refractivity contribution in [2.45, 2.75) is 58.3 Å². The van der Waals surface area contributed by atoms with Gasteiger partial charge < -0.3 is 0 Å². The van der Waals surface area contributed by atoms with Gasteiger partial charge in [-0.3, -0.25) is 0 Å². The first-order valence-electron chi connectivity index (χ1n) is 9.27. The Morgan fingerprint density at radius 3 is 2.00 bits per heavy atom. The van der Waals surface area contributed by atoms with Crippen LogP contribution in [0.5, 0.6) is 0 Å². The quantitative estimate of drug-likeness (QED) is 0.476. The zero-order valence-electron chi connectivity index (χ0n) is 16.9. The molecule has 144 valence electrons. The fraction of sp³-hybridized carbons (Fsp3) is 0.391. The van der Waals surface area contributed by atoms with E-state index >= 15 is 0 Å². The van der Waals surface area contributed by atoms with E-state index in [-0.39, 0.29) is 5.41 Å². The summed E-state index contributed by atoms with van der Waals surface area (Å²) >= 11 is 0. The van der Waals surface area contributed by atoms with E-state index in [4.69, 9.17) is 14.4 Å². The maximum absolute atomic E-state index is 8.70. The predicted octanol–water partition coefficient (Wildman–Crippen LogP) is 6.22. The van der Waals surface area contributed by atoms with Crippen molar-refractivity contribution in [1.82, 2.24) is 0 Å². The molecule has 1 aliphatic carbocycles. The van der Waals surface area contributed by atoms with Gasteiger partial charge in [0.1, 0.15) is 0 Å². The Morgan fingerprint density at radius 2 is 1.44 bits per heavy atom. The van der Waals surface area contributed by atoms with Crippen LogP contribution in [0.15, 0.2) is 48.5 Å². The molecule has 0 aliphatic heterocycles. The van der Waals surface area contributed by atoms with Crippen LogP contribution < -0.4 is 0 Å². The van der Waals surface area contributed by atoms with Crippen LogP contribution in [0.1, 0.15) is 69.7 Å². The van der Waals surface area contributed by atoms with Crippen molar-refractivity contribution >= 4 is 19.9 Å². The van der Waals surface area contributed by atoms with Crippen molar-refractivity contribution in [2.75, 3.05) is 0 Å². The molecule has 0 saturated carbocycles. The Kier molecular flexibility index (Phi) is 6.75. The van der Waals surface area contributed by atoms with Gasteiger partial charge in [0.15, 0.2) is 0 Å². The molecule has 0 spiro atoms. The monoisotopic (exact) mass is 385 g/mol. The van der Waals surface area contributed by atoms with Gasteiger partial charge in [-0.2, -0.15) is 0 Å². The smallest absolute Gasteiger partial charge is 0.134 e. The minimum atomic E-state index is -2.87. The summed E-state index contributed by atoms with van der Waals surface area (Å²) in [5, 5.41) is 0. The Balaban J connectivity index is 0.000000596. The molecule has 0 atom stereocenters. The molecule has 0 bridgehead atoms. The van der Waals surface area contributed by atoms with Gasteiger partial charge in [-0.05, 0) is 58.4 Å². The summed E-state index contributed by atoms with van der Waals surface area (Å²) in [6, 6.07) is 17.7. The minimum absolute atomic E-state index is 0.272. The van der Waals surface area contributed by atoms with Gasteiger partial charge in [-0.15, -0.1) is 9.79 Å². The van der Waals surface area contributed by atoms with Crippen molar-refractivity contribution < 1.29 is 14.4 Å². The Labute approximate surface area is 163 Å². The van der Waals surface area contributed by atoms with Crippen LogP contribution in [0, 0.1) is 0 Å². The Hall–Kier alpha value is -1.80. The third-order valence-corrected chi connectivity index (χ3v) is 5.49. The van der Waals surface area contributed by atoms with Crippen LogP contribution in [-0.2, 0) is 15.4 Å². The largest absolute Gasteiger partial charge is 0.692 e. The molecule has 3 nitrogen and oxygen atoms in total. The Bertz CT molecular complexity index is 832. The lowest BCUT2D eigenvalue weighted by Crippen LogP contribution is -2.33. The van der Waals surface area contributed by atoms with Gasteiger partial charge in [0.2, 0.25) is 0 Å². The van der Waals surface area contributed by atoms with E-state index in [1.807, 2.05) is 0 Å². The number of hydrogen-bond donors (Lipinski definition) is 2. The van der Waals surface area contributed by atoms with Crippen LogP contribution in [0.25, 0.3) is 11.6 Å². The first-order chi connectivity index (χ1) is 12.5. The van der Waals surface area contributed by atoms with E-state index in [9.17, 15) is 0 Å². The lowest BCUT2D eigenvalue weighted by Gasteiger charge is -2.42. The van der Waals surface area contributed by atoms with Gasteiger partial charge >= 0.3 is 8.25 Å². The first-order valence-corrected chi connectivity index (χ1v) is 10.4. The van der Waals surface area contributed by atoms with Crippen LogP contribution in [0.4, 0.5) is 0 Å². The maximum Gasteiger partial charge on any atom is 0.692 e. The molecular weight excluding hydrogens is 355 g/mol. The van der Waals surface area contributed by atoms with Gasteiger partial charge in [0.25, 0.3) is 0 Å². The highest BCUT2D eigenvalue weighted by Crippen LogP contribution is 2.46. The summed E-state index contributed by atoms with van der Waals surface area (Å²) in [6.45, 7) is 11.8. The molecule has 2 N–H and O–H groups in total. The summed E-state index contributed by atoms with van der Waals surface area (Å²) in [7, 11) is -2.87. The van der Waals surface area contributed by atoms with E-state index < -0.39 is 8.25 Å². The van der Waals surface area contributed by atoms with Crippen molar-refractivity contribution in [3.05, 3.63) is 70.8 Å². The number of fused-ring (bicyclic) bond motifs is 1. The lowest BCUT2D eigenvalue weighted by atomic mass is 9.63. The van der Waals surface area contributed by atoms with Crippen LogP contribution in [0.3, 0.4) is 0 Å². The number of allylic oxidation sites excluding steroid dienone is 1. The van der Waals surface area contributed by atoms with Gasteiger partial charge in [-0.1, -0.05) is 82.3 Å². The van der Waals surface area contributed by atoms with Crippen molar-refractivity contribution in [2.24, 2.45) is 0 Å². The third-order valence-electron chi connectivity index (χ3n) is 5.49. The third kappa shape index (κ3) is 5.59. The summed E-state index contributed by atoms with van der Waals surface area (Å²) in [4.78, 5) is 14.2. The van der Waals surface area contributed by atoms with E-state index in [0.29, 0.717) is 5.41 Å². The molecule has 0 fully saturated rings. The summed E-state index contributed by atoms with van der Waals surface area (Å²) in [6.07, 6.45) is 4.81. The van der Waals surface area contributed by atoms with E-state index in [1.54, 1.807) is 0 Å². The van der Waals surface area contributed by atoms with Gasteiger partial charge in [0.05, 0.1) is 0 Å². The van der Waals surface area contributed by atoms with E-state index in [2.05, 4.69) is 89.2 Å². The lowest BCUT2D eigenvalue weighted by molar-refractivity contribution is 0.332. The van der Waals surface area contributed by atoms with Gasteiger partial charge in [-0.25, -0.2) is 0 Å². The van der Waals surface area contributed by atoms with Crippen molar-refractivity contribution in [3.8, 4) is 0 Å². The highest BCUT2D eigenvalue weighted by atomic mass is 31.1.